The summed E-state index contributed by atoms with van der Waals surface area (Å²) in [5.41, 5.74) is 2.42. The van der Waals surface area contributed by atoms with Gasteiger partial charge in [0.05, 0.1) is 11.6 Å². The topological polar surface area (TPSA) is 35.8 Å². The lowest BCUT2D eigenvalue weighted by molar-refractivity contribution is 0.0695. The first kappa shape index (κ1) is 13.1. The van der Waals surface area contributed by atoms with E-state index in [1.807, 2.05) is 12.1 Å². The van der Waals surface area contributed by atoms with Gasteiger partial charge in [-0.15, -0.1) is 0 Å². The zero-order valence-corrected chi connectivity index (χ0v) is 11.5. The fraction of sp³-hybridized carbons (Fsp3) is 0.562. The molecule has 2 heteroatoms. The fourth-order valence-corrected chi connectivity index (χ4v) is 2.95. The zero-order valence-electron chi connectivity index (χ0n) is 11.5. The van der Waals surface area contributed by atoms with E-state index in [2.05, 4.69) is 44.3 Å². The molecule has 1 aliphatic rings. The van der Waals surface area contributed by atoms with Crippen molar-refractivity contribution in [2.45, 2.75) is 45.6 Å². The second kappa shape index (κ2) is 5.12. The molecular weight excluding hydrogens is 220 g/mol. The number of nitriles is 1. The Kier molecular flexibility index (Phi) is 3.73. The van der Waals surface area contributed by atoms with Gasteiger partial charge in [-0.3, -0.25) is 0 Å². The monoisotopic (exact) mass is 242 g/mol. The molecule has 96 valence electrons. The molecule has 0 aliphatic heterocycles. The first-order valence-electron chi connectivity index (χ1n) is 6.83. The molecule has 0 amide bonds. The molecule has 0 spiro atoms. The zero-order chi connectivity index (χ0) is 13.2. The predicted molar refractivity (Wildman–Crippen MR) is 74.4 cm³/mol. The van der Waals surface area contributed by atoms with Crippen LogP contribution < -0.4 is 5.32 Å². The van der Waals surface area contributed by atoms with E-state index in [0.29, 0.717) is 17.4 Å². The predicted octanol–water partition coefficient (Wildman–Crippen LogP) is 3.44. The van der Waals surface area contributed by atoms with Gasteiger partial charge in [-0.2, -0.15) is 5.26 Å². The maximum absolute atomic E-state index is 8.82. The Bertz CT molecular complexity index is 439. The average molecular weight is 242 g/mol. The van der Waals surface area contributed by atoms with Crippen molar-refractivity contribution in [2.24, 2.45) is 5.41 Å². The fourth-order valence-electron chi connectivity index (χ4n) is 2.95. The molecule has 1 aromatic carbocycles. The lowest BCUT2D eigenvalue weighted by atomic mass is 9.56. The minimum Gasteiger partial charge on any atom is -0.313 e. The maximum atomic E-state index is 8.82. The van der Waals surface area contributed by atoms with Crippen LogP contribution in [0.25, 0.3) is 0 Å². The third-order valence-corrected chi connectivity index (χ3v) is 4.35. The second-order valence-electron chi connectivity index (χ2n) is 5.85. The summed E-state index contributed by atoms with van der Waals surface area (Å²) in [7, 11) is 0. The van der Waals surface area contributed by atoms with Gasteiger partial charge in [-0.1, -0.05) is 32.9 Å². The smallest absolute Gasteiger partial charge is 0.0991 e. The molecule has 0 heterocycles. The summed E-state index contributed by atoms with van der Waals surface area (Å²) < 4.78 is 0. The van der Waals surface area contributed by atoms with Crippen LogP contribution in [0, 0.1) is 16.7 Å². The van der Waals surface area contributed by atoms with E-state index < -0.39 is 0 Å². The summed E-state index contributed by atoms with van der Waals surface area (Å²) in [6.07, 6.45) is 2.40. The highest BCUT2D eigenvalue weighted by Crippen LogP contribution is 2.52. The Morgan fingerprint density at radius 3 is 2.50 bits per heavy atom. The van der Waals surface area contributed by atoms with E-state index in [1.165, 1.54) is 18.4 Å². The number of rotatable bonds is 4. The average Bonchev–Trinajstić information content (AvgIpc) is 2.38. The van der Waals surface area contributed by atoms with E-state index in [-0.39, 0.29) is 0 Å². The molecule has 2 atom stereocenters. The van der Waals surface area contributed by atoms with Gasteiger partial charge in [0, 0.05) is 6.04 Å². The van der Waals surface area contributed by atoms with Crippen molar-refractivity contribution in [1.82, 2.24) is 5.32 Å². The highest BCUT2D eigenvalue weighted by Gasteiger charge is 2.48. The first-order chi connectivity index (χ1) is 8.59. The standard InChI is InChI=1S/C16H22N2/c1-4-9-18-15-10-14(16(15,2)3)13-7-5-12(11-17)6-8-13/h5-8,14-15,18H,4,9-10H2,1-3H3. The van der Waals surface area contributed by atoms with Crippen molar-refractivity contribution in [3.63, 3.8) is 0 Å². The van der Waals surface area contributed by atoms with Crippen molar-refractivity contribution < 1.29 is 0 Å². The molecule has 1 saturated carbocycles. The third kappa shape index (κ3) is 2.28. The minimum atomic E-state index is 0.309. The van der Waals surface area contributed by atoms with Gasteiger partial charge in [-0.25, -0.2) is 0 Å². The molecule has 0 aromatic heterocycles. The number of hydrogen-bond donors (Lipinski definition) is 1. The van der Waals surface area contributed by atoms with Crippen LogP contribution in [0.2, 0.25) is 0 Å². The summed E-state index contributed by atoms with van der Waals surface area (Å²) in [5.74, 6) is 0.611. The molecule has 1 fully saturated rings. The van der Waals surface area contributed by atoms with Gasteiger partial charge < -0.3 is 5.32 Å². The number of benzene rings is 1. The van der Waals surface area contributed by atoms with Crippen LogP contribution in [0.5, 0.6) is 0 Å². The molecule has 2 rings (SSSR count). The van der Waals surface area contributed by atoms with Crippen LogP contribution in [0.15, 0.2) is 24.3 Å². The van der Waals surface area contributed by atoms with Crippen LogP contribution in [0.4, 0.5) is 0 Å². The largest absolute Gasteiger partial charge is 0.313 e. The van der Waals surface area contributed by atoms with Gasteiger partial charge in [0.2, 0.25) is 0 Å². The van der Waals surface area contributed by atoms with Crippen molar-refractivity contribution >= 4 is 0 Å². The summed E-state index contributed by atoms with van der Waals surface area (Å²) >= 11 is 0. The Morgan fingerprint density at radius 1 is 1.33 bits per heavy atom. The molecule has 0 bridgehead atoms. The van der Waals surface area contributed by atoms with E-state index in [9.17, 15) is 0 Å². The normalized spacial score (nSPS) is 25.2. The summed E-state index contributed by atoms with van der Waals surface area (Å²) in [6.45, 7) is 7.99. The van der Waals surface area contributed by atoms with E-state index in [1.54, 1.807) is 0 Å². The van der Waals surface area contributed by atoms with Crippen molar-refractivity contribution in [1.29, 1.82) is 5.26 Å². The summed E-state index contributed by atoms with van der Waals surface area (Å²) in [4.78, 5) is 0. The molecular formula is C16H22N2. The highest BCUT2D eigenvalue weighted by molar-refractivity contribution is 5.35. The molecule has 0 saturated heterocycles. The van der Waals surface area contributed by atoms with Gasteiger partial charge >= 0.3 is 0 Å². The number of hydrogen-bond acceptors (Lipinski definition) is 2. The lowest BCUT2D eigenvalue weighted by Gasteiger charge is -2.53. The quantitative estimate of drug-likeness (QED) is 0.878. The second-order valence-corrected chi connectivity index (χ2v) is 5.85. The van der Waals surface area contributed by atoms with Crippen LogP contribution in [0.1, 0.15) is 50.7 Å². The highest BCUT2D eigenvalue weighted by atomic mass is 15.0. The van der Waals surface area contributed by atoms with Crippen molar-refractivity contribution in [3.05, 3.63) is 35.4 Å². The minimum absolute atomic E-state index is 0.309. The molecule has 2 unspecified atom stereocenters. The Hall–Kier alpha value is -1.33. The molecule has 1 N–H and O–H groups in total. The number of nitrogens with one attached hydrogen (secondary N) is 1. The van der Waals surface area contributed by atoms with Crippen LogP contribution in [0.3, 0.4) is 0 Å². The van der Waals surface area contributed by atoms with Crippen LogP contribution in [-0.2, 0) is 0 Å². The van der Waals surface area contributed by atoms with Crippen LogP contribution in [-0.4, -0.2) is 12.6 Å². The van der Waals surface area contributed by atoms with Crippen LogP contribution >= 0.6 is 0 Å². The molecule has 1 aromatic rings. The van der Waals surface area contributed by atoms with Gasteiger partial charge in [0.25, 0.3) is 0 Å². The Balaban J connectivity index is 2.05. The Morgan fingerprint density at radius 2 is 2.00 bits per heavy atom. The first-order valence-corrected chi connectivity index (χ1v) is 6.83. The SMILES string of the molecule is CCCNC1CC(c2ccc(C#N)cc2)C1(C)C. The van der Waals surface area contributed by atoms with Gasteiger partial charge in [0.15, 0.2) is 0 Å². The van der Waals surface area contributed by atoms with Crippen molar-refractivity contribution in [2.75, 3.05) is 6.54 Å². The maximum Gasteiger partial charge on any atom is 0.0991 e. The number of nitrogens with zero attached hydrogens (tertiary/aromatic N) is 1. The van der Waals surface area contributed by atoms with E-state index in [4.69, 9.17) is 5.26 Å². The summed E-state index contributed by atoms with van der Waals surface area (Å²) in [5, 5.41) is 12.4. The van der Waals surface area contributed by atoms with Gasteiger partial charge in [0.1, 0.15) is 0 Å². The van der Waals surface area contributed by atoms with E-state index >= 15 is 0 Å². The Labute approximate surface area is 110 Å². The van der Waals surface area contributed by atoms with E-state index in [0.717, 1.165) is 12.1 Å². The van der Waals surface area contributed by atoms with Crippen molar-refractivity contribution in [3.8, 4) is 6.07 Å². The molecule has 18 heavy (non-hydrogen) atoms. The molecule has 2 nitrogen and oxygen atoms in total. The summed E-state index contributed by atoms with van der Waals surface area (Å²) in [6, 6.07) is 10.9. The molecule has 1 aliphatic carbocycles. The van der Waals surface area contributed by atoms with Gasteiger partial charge in [-0.05, 0) is 48.4 Å². The third-order valence-electron chi connectivity index (χ3n) is 4.35. The lowest BCUT2D eigenvalue weighted by Crippen LogP contribution is -2.55. The molecule has 0 radical (unpaired) electrons.